The van der Waals surface area contributed by atoms with Crippen LogP contribution in [-0.4, -0.2) is 17.7 Å². The minimum atomic E-state index is -1.29. The van der Waals surface area contributed by atoms with Crippen LogP contribution in [0.2, 0.25) is 0 Å². The third-order valence-corrected chi connectivity index (χ3v) is 3.14. The van der Waals surface area contributed by atoms with Gasteiger partial charge in [-0.1, -0.05) is 18.9 Å². The normalized spacial score (nSPS) is 16.1. The molecule has 1 aromatic carbocycles. The van der Waals surface area contributed by atoms with Gasteiger partial charge in [0.15, 0.2) is 0 Å². The lowest BCUT2D eigenvalue weighted by Crippen LogP contribution is -2.11. The number of hydrogen-bond acceptors (Lipinski definition) is 2. The van der Waals surface area contributed by atoms with E-state index in [2.05, 4.69) is 0 Å². The van der Waals surface area contributed by atoms with Crippen LogP contribution in [0.15, 0.2) is 18.2 Å². The van der Waals surface area contributed by atoms with Crippen LogP contribution in [0.4, 0.5) is 4.39 Å². The van der Waals surface area contributed by atoms with Crippen LogP contribution >= 0.6 is 0 Å². The van der Waals surface area contributed by atoms with E-state index in [1.165, 1.54) is 25.0 Å². The quantitative estimate of drug-likeness (QED) is 0.876. The van der Waals surface area contributed by atoms with E-state index in [-0.39, 0.29) is 11.3 Å². The van der Waals surface area contributed by atoms with Gasteiger partial charge < -0.3 is 9.84 Å². The third kappa shape index (κ3) is 2.75. The van der Waals surface area contributed by atoms with Crippen molar-refractivity contribution in [3.63, 3.8) is 0 Å². The van der Waals surface area contributed by atoms with Crippen LogP contribution in [0, 0.1) is 11.7 Å². The summed E-state index contributed by atoms with van der Waals surface area (Å²) < 4.78 is 18.8. The highest BCUT2D eigenvalue weighted by Gasteiger charge is 2.20. The van der Waals surface area contributed by atoms with Crippen molar-refractivity contribution in [1.29, 1.82) is 0 Å². The van der Waals surface area contributed by atoms with Crippen molar-refractivity contribution in [2.45, 2.75) is 25.7 Å². The van der Waals surface area contributed by atoms with E-state index >= 15 is 0 Å². The van der Waals surface area contributed by atoms with Gasteiger partial charge in [0.05, 0.1) is 6.61 Å². The molecule has 1 saturated carbocycles. The highest BCUT2D eigenvalue weighted by Crippen LogP contribution is 2.27. The van der Waals surface area contributed by atoms with Gasteiger partial charge in [-0.15, -0.1) is 0 Å². The summed E-state index contributed by atoms with van der Waals surface area (Å²) in [5.41, 5.74) is -0.370. The first-order valence-electron chi connectivity index (χ1n) is 5.83. The SMILES string of the molecule is O=C(O)c1c(F)cccc1OCC1CCCC1. The Kier molecular flexibility index (Phi) is 3.61. The Hall–Kier alpha value is -1.58. The summed E-state index contributed by atoms with van der Waals surface area (Å²) in [5.74, 6) is -1.43. The van der Waals surface area contributed by atoms with E-state index in [9.17, 15) is 9.18 Å². The molecule has 1 aliphatic carbocycles. The zero-order valence-corrected chi connectivity index (χ0v) is 9.49. The van der Waals surface area contributed by atoms with Gasteiger partial charge in [0.1, 0.15) is 17.1 Å². The predicted molar refractivity (Wildman–Crippen MR) is 60.8 cm³/mol. The van der Waals surface area contributed by atoms with Gasteiger partial charge >= 0.3 is 5.97 Å². The summed E-state index contributed by atoms with van der Waals surface area (Å²) in [4.78, 5) is 10.9. The molecule has 4 heteroatoms. The third-order valence-electron chi connectivity index (χ3n) is 3.14. The van der Waals surface area contributed by atoms with E-state index in [0.717, 1.165) is 18.9 Å². The number of benzene rings is 1. The van der Waals surface area contributed by atoms with Crippen molar-refractivity contribution in [2.24, 2.45) is 5.92 Å². The molecule has 0 aliphatic heterocycles. The van der Waals surface area contributed by atoms with Crippen molar-refractivity contribution in [2.75, 3.05) is 6.61 Å². The minimum absolute atomic E-state index is 0.129. The minimum Gasteiger partial charge on any atom is -0.492 e. The Morgan fingerprint density at radius 3 is 2.76 bits per heavy atom. The van der Waals surface area contributed by atoms with Crippen molar-refractivity contribution in [3.05, 3.63) is 29.6 Å². The molecule has 0 saturated heterocycles. The Morgan fingerprint density at radius 2 is 2.12 bits per heavy atom. The maximum absolute atomic E-state index is 13.3. The Bertz CT molecular complexity index is 411. The maximum atomic E-state index is 13.3. The number of rotatable bonds is 4. The van der Waals surface area contributed by atoms with E-state index in [1.807, 2.05) is 0 Å². The van der Waals surface area contributed by atoms with Crippen LogP contribution in [0.1, 0.15) is 36.0 Å². The fourth-order valence-electron chi connectivity index (χ4n) is 2.22. The Morgan fingerprint density at radius 1 is 1.41 bits per heavy atom. The van der Waals surface area contributed by atoms with Crippen LogP contribution in [0.3, 0.4) is 0 Å². The molecule has 0 atom stereocenters. The molecule has 0 aromatic heterocycles. The lowest BCUT2D eigenvalue weighted by atomic mass is 10.1. The topological polar surface area (TPSA) is 46.5 Å². The average molecular weight is 238 g/mol. The first-order chi connectivity index (χ1) is 8.18. The van der Waals surface area contributed by atoms with Crippen LogP contribution in [0.25, 0.3) is 0 Å². The Balaban J connectivity index is 2.09. The highest BCUT2D eigenvalue weighted by molar-refractivity contribution is 5.91. The molecule has 0 unspecified atom stereocenters. The average Bonchev–Trinajstić information content (AvgIpc) is 2.78. The fourth-order valence-corrected chi connectivity index (χ4v) is 2.22. The van der Waals surface area contributed by atoms with Crippen LogP contribution in [-0.2, 0) is 0 Å². The van der Waals surface area contributed by atoms with E-state index in [1.54, 1.807) is 0 Å². The molecule has 17 heavy (non-hydrogen) atoms. The predicted octanol–water partition coefficient (Wildman–Crippen LogP) is 3.09. The number of halogens is 1. The molecule has 0 bridgehead atoms. The van der Waals surface area contributed by atoms with Gasteiger partial charge in [0, 0.05) is 0 Å². The van der Waals surface area contributed by atoms with E-state index in [0.29, 0.717) is 12.5 Å². The maximum Gasteiger partial charge on any atom is 0.342 e. The summed E-state index contributed by atoms with van der Waals surface area (Å²) >= 11 is 0. The molecule has 1 aromatic rings. The summed E-state index contributed by atoms with van der Waals surface area (Å²) in [6.07, 6.45) is 4.61. The van der Waals surface area contributed by atoms with Crippen molar-refractivity contribution in [3.8, 4) is 5.75 Å². The largest absolute Gasteiger partial charge is 0.492 e. The van der Waals surface area contributed by atoms with Gasteiger partial charge in [-0.25, -0.2) is 9.18 Å². The number of ether oxygens (including phenoxy) is 1. The number of hydrogen-bond donors (Lipinski definition) is 1. The second kappa shape index (κ2) is 5.17. The first kappa shape index (κ1) is 11.9. The molecule has 0 amide bonds. The molecule has 92 valence electrons. The number of carboxylic acids is 1. The fraction of sp³-hybridized carbons (Fsp3) is 0.462. The van der Waals surface area contributed by atoms with Crippen molar-refractivity contribution >= 4 is 5.97 Å². The van der Waals surface area contributed by atoms with Crippen LogP contribution < -0.4 is 4.74 Å². The van der Waals surface area contributed by atoms with Gasteiger partial charge in [0.25, 0.3) is 0 Å². The molecule has 2 rings (SSSR count). The smallest absolute Gasteiger partial charge is 0.342 e. The molecule has 1 aliphatic rings. The Labute approximate surface area is 99.2 Å². The second-order valence-electron chi connectivity index (χ2n) is 4.38. The van der Waals surface area contributed by atoms with Crippen molar-refractivity contribution < 1.29 is 19.0 Å². The van der Waals surface area contributed by atoms with Gasteiger partial charge in [0.2, 0.25) is 0 Å². The molecule has 1 N–H and O–H groups in total. The zero-order valence-electron chi connectivity index (χ0n) is 9.49. The van der Waals surface area contributed by atoms with Gasteiger partial charge in [-0.3, -0.25) is 0 Å². The molecule has 0 spiro atoms. The van der Waals surface area contributed by atoms with Gasteiger partial charge in [-0.05, 0) is 30.9 Å². The molecule has 3 nitrogen and oxygen atoms in total. The van der Waals surface area contributed by atoms with Gasteiger partial charge in [-0.2, -0.15) is 0 Å². The van der Waals surface area contributed by atoms with Crippen molar-refractivity contribution in [1.82, 2.24) is 0 Å². The standard InChI is InChI=1S/C13H15FO3/c14-10-6-3-7-11(12(10)13(15)16)17-8-9-4-1-2-5-9/h3,6-7,9H,1-2,4-5,8H2,(H,15,16). The summed E-state index contributed by atoms with van der Waals surface area (Å²) in [7, 11) is 0. The summed E-state index contributed by atoms with van der Waals surface area (Å²) in [6, 6.07) is 4.10. The summed E-state index contributed by atoms with van der Waals surface area (Å²) in [5, 5.41) is 8.92. The van der Waals surface area contributed by atoms with E-state index in [4.69, 9.17) is 9.84 Å². The molecular weight excluding hydrogens is 223 g/mol. The lowest BCUT2D eigenvalue weighted by molar-refractivity contribution is 0.0686. The van der Waals surface area contributed by atoms with E-state index < -0.39 is 11.8 Å². The zero-order chi connectivity index (χ0) is 12.3. The number of carboxylic acid groups (broad SMARTS) is 1. The summed E-state index contributed by atoms with van der Waals surface area (Å²) in [6.45, 7) is 0.476. The highest BCUT2D eigenvalue weighted by atomic mass is 19.1. The van der Waals surface area contributed by atoms with Crippen LogP contribution in [0.5, 0.6) is 5.75 Å². The molecule has 1 fully saturated rings. The monoisotopic (exact) mass is 238 g/mol. The molecule has 0 heterocycles. The molecule has 0 radical (unpaired) electrons. The first-order valence-corrected chi connectivity index (χ1v) is 5.83. The number of aromatic carboxylic acids is 1. The second-order valence-corrected chi connectivity index (χ2v) is 4.38. The number of carbonyl (C=O) groups is 1. The lowest BCUT2D eigenvalue weighted by Gasteiger charge is -2.13. The molecular formula is C13H15FO3.